The standard InChI is InChI=1S/C23H27IN2O3S/c1-14-10-16(26(4)24)13-17(27-5)22(14)20-8-9-21(30-20)23-18(28-6)11-15(25(2)3)12-19(23)29-7/h8-13H,1-7H3. The number of ether oxygens (including phenoxy) is 3. The lowest BCUT2D eigenvalue weighted by Crippen LogP contribution is -2.09. The van der Waals surface area contributed by atoms with Crippen molar-refractivity contribution in [3.05, 3.63) is 42.0 Å². The molecule has 1 aromatic heterocycles. The number of halogens is 1. The quantitative estimate of drug-likeness (QED) is 0.262. The molecule has 0 spiro atoms. The van der Waals surface area contributed by atoms with E-state index in [1.54, 1.807) is 32.7 Å². The van der Waals surface area contributed by atoms with Gasteiger partial charge in [0.05, 0.1) is 49.8 Å². The molecular formula is C23H27IN2O3S. The fraction of sp³-hybridized carbons (Fsp3) is 0.304. The van der Waals surface area contributed by atoms with E-state index in [4.69, 9.17) is 14.2 Å². The maximum atomic E-state index is 5.74. The second kappa shape index (κ2) is 9.34. The fourth-order valence-corrected chi connectivity index (χ4v) is 4.85. The van der Waals surface area contributed by atoms with Crippen molar-refractivity contribution in [2.24, 2.45) is 0 Å². The zero-order valence-electron chi connectivity index (χ0n) is 18.4. The number of hydrogen-bond donors (Lipinski definition) is 0. The molecule has 2 aromatic carbocycles. The Morgan fingerprint density at radius 2 is 1.20 bits per heavy atom. The highest BCUT2D eigenvalue weighted by molar-refractivity contribution is 14.1. The lowest BCUT2D eigenvalue weighted by molar-refractivity contribution is 0.397. The number of anilines is 2. The average Bonchev–Trinajstić information content (AvgIpc) is 3.20. The summed E-state index contributed by atoms with van der Waals surface area (Å²) in [6.07, 6.45) is 0. The smallest absolute Gasteiger partial charge is 0.133 e. The highest BCUT2D eigenvalue weighted by Crippen LogP contribution is 2.48. The molecule has 3 rings (SSSR count). The highest BCUT2D eigenvalue weighted by atomic mass is 127. The SMILES string of the molecule is COc1cc(N(C)I)cc(C)c1-c1ccc(-c2c(OC)cc(N(C)C)cc2OC)s1. The zero-order valence-corrected chi connectivity index (χ0v) is 21.3. The summed E-state index contributed by atoms with van der Waals surface area (Å²) < 4.78 is 19.2. The first-order chi connectivity index (χ1) is 14.3. The number of thiophene rings is 1. The number of benzene rings is 2. The first-order valence-corrected chi connectivity index (χ1v) is 11.2. The Kier molecular flexibility index (Phi) is 7.02. The Hall–Kier alpha value is -2.13. The molecule has 0 aliphatic rings. The Morgan fingerprint density at radius 1 is 0.733 bits per heavy atom. The van der Waals surface area contributed by atoms with E-state index in [1.165, 1.54) is 5.56 Å². The number of methoxy groups -OCH3 is 3. The van der Waals surface area contributed by atoms with Gasteiger partial charge in [-0.2, -0.15) is 0 Å². The summed E-state index contributed by atoms with van der Waals surface area (Å²) in [6, 6.07) is 12.6. The van der Waals surface area contributed by atoms with E-state index in [1.807, 2.05) is 38.2 Å². The van der Waals surface area contributed by atoms with Crippen molar-refractivity contribution in [3.8, 4) is 38.1 Å². The van der Waals surface area contributed by atoms with Crippen molar-refractivity contribution >= 4 is 45.6 Å². The third kappa shape index (κ3) is 4.32. The minimum absolute atomic E-state index is 0.789. The lowest BCUT2D eigenvalue weighted by Gasteiger charge is -2.19. The predicted molar refractivity (Wildman–Crippen MR) is 136 cm³/mol. The zero-order chi connectivity index (χ0) is 22.0. The molecule has 7 heteroatoms. The topological polar surface area (TPSA) is 34.2 Å². The predicted octanol–water partition coefficient (Wildman–Crippen LogP) is 6.27. The van der Waals surface area contributed by atoms with Crippen molar-refractivity contribution in [2.75, 3.05) is 50.5 Å². The second-order valence-corrected chi connectivity index (χ2v) is 9.63. The van der Waals surface area contributed by atoms with Crippen LogP contribution in [0.5, 0.6) is 17.2 Å². The van der Waals surface area contributed by atoms with Crippen molar-refractivity contribution in [1.82, 2.24) is 0 Å². The van der Waals surface area contributed by atoms with Gasteiger partial charge in [0.2, 0.25) is 0 Å². The van der Waals surface area contributed by atoms with Crippen molar-refractivity contribution in [1.29, 1.82) is 0 Å². The number of hydrogen-bond acceptors (Lipinski definition) is 6. The lowest BCUT2D eigenvalue weighted by atomic mass is 10.0. The van der Waals surface area contributed by atoms with E-state index in [0.29, 0.717) is 0 Å². The minimum atomic E-state index is 0.789. The highest BCUT2D eigenvalue weighted by Gasteiger charge is 2.20. The summed E-state index contributed by atoms with van der Waals surface area (Å²) in [4.78, 5) is 4.26. The molecular weight excluding hydrogens is 511 g/mol. The van der Waals surface area contributed by atoms with Crippen LogP contribution in [0.15, 0.2) is 36.4 Å². The van der Waals surface area contributed by atoms with Gasteiger partial charge in [-0.05, 0) is 30.7 Å². The van der Waals surface area contributed by atoms with Gasteiger partial charge in [0.25, 0.3) is 0 Å². The fourth-order valence-electron chi connectivity index (χ4n) is 3.40. The molecule has 160 valence electrons. The molecule has 0 aliphatic carbocycles. The van der Waals surface area contributed by atoms with Crippen LogP contribution in [-0.2, 0) is 0 Å². The van der Waals surface area contributed by atoms with Crippen LogP contribution in [0.1, 0.15) is 5.56 Å². The molecule has 5 nitrogen and oxygen atoms in total. The summed E-state index contributed by atoms with van der Waals surface area (Å²) in [5.41, 5.74) is 5.37. The third-order valence-electron chi connectivity index (χ3n) is 4.97. The van der Waals surface area contributed by atoms with E-state index < -0.39 is 0 Å². The van der Waals surface area contributed by atoms with Crippen molar-refractivity contribution < 1.29 is 14.2 Å². The Labute approximate surface area is 196 Å². The van der Waals surface area contributed by atoms with Gasteiger partial charge in [-0.3, -0.25) is 0 Å². The van der Waals surface area contributed by atoms with Gasteiger partial charge in [-0.1, -0.05) is 0 Å². The first-order valence-electron chi connectivity index (χ1n) is 9.42. The maximum absolute atomic E-state index is 5.74. The van der Waals surface area contributed by atoms with Crippen LogP contribution < -0.4 is 22.2 Å². The summed E-state index contributed by atoms with van der Waals surface area (Å²) in [6.45, 7) is 2.12. The molecule has 0 bridgehead atoms. The molecule has 0 N–H and O–H groups in total. The molecule has 0 radical (unpaired) electrons. The Morgan fingerprint density at radius 3 is 1.67 bits per heavy atom. The first kappa shape index (κ1) is 22.6. The molecule has 0 atom stereocenters. The molecule has 0 aliphatic heterocycles. The van der Waals surface area contributed by atoms with E-state index >= 15 is 0 Å². The van der Waals surface area contributed by atoms with Gasteiger partial charge >= 0.3 is 0 Å². The van der Waals surface area contributed by atoms with Gasteiger partial charge in [0.1, 0.15) is 17.2 Å². The average molecular weight is 538 g/mol. The van der Waals surface area contributed by atoms with E-state index in [0.717, 1.165) is 49.5 Å². The Balaban J connectivity index is 2.15. The molecule has 0 saturated heterocycles. The monoisotopic (exact) mass is 538 g/mol. The van der Waals surface area contributed by atoms with E-state index in [-0.39, 0.29) is 0 Å². The molecule has 0 fully saturated rings. The van der Waals surface area contributed by atoms with E-state index in [9.17, 15) is 0 Å². The van der Waals surface area contributed by atoms with Crippen molar-refractivity contribution in [3.63, 3.8) is 0 Å². The minimum Gasteiger partial charge on any atom is -0.496 e. The number of nitrogens with zero attached hydrogens (tertiary/aromatic N) is 2. The molecule has 3 aromatic rings. The van der Waals surface area contributed by atoms with Crippen LogP contribution >= 0.6 is 34.2 Å². The van der Waals surface area contributed by atoms with Gasteiger partial charge in [0.15, 0.2) is 0 Å². The van der Waals surface area contributed by atoms with Crippen LogP contribution in [0.25, 0.3) is 20.9 Å². The van der Waals surface area contributed by atoms with Crippen LogP contribution in [0.3, 0.4) is 0 Å². The van der Waals surface area contributed by atoms with Gasteiger partial charge in [0, 0.05) is 66.0 Å². The molecule has 0 unspecified atom stereocenters. The van der Waals surface area contributed by atoms with Gasteiger partial charge < -0.3 is 22.2 Å². The van der Waals surface area contributed by atoms with Gasteiger partial charge in [-0.25, -0.2) is 0 Å². The summed E-state index contributed by atoms with van der Waals surface area (Å²) in [5, 5.41) is 0. The number of rotatable bonds is 7. The Bertz CT molecular complexity index is 1020. The largest absolute Gasteiger partial charge is 0.496 e. The van der Waals surface area contributed by atoms with Crippen LogP contribution in [0, 0.1) is 6.92 Å². The maximum Gasteiger partial charge on any atom is 0.133 e. The van der Waals surface area contributed by atoms with Gasteiger partial charge in [-0.15, -0.1) is 11.3 Å². The van der Waals surface area contributed by atoms with Crippen molar-refractivity contribution in [2.45, 2.75) is 6.92 Å². The van der Waals surface area contributed by atoms with Crippen LogP contribution in [0.4, 0.5) is 11.4 Å². The van der Waals surface area contributed by atoms with Crippen LogP contribution in [-0.4, -0.2) is 42.5 Å². The summed E-state index contributed by atoms with van der Waals surface area (Å²) in [7, 11) is 11.1. The van der Waals surface area contributed by atoms with E-state index in [2.05, 4.69) is 57.2 Å². The molecule has 30 heavy (non-hydrogen) atoms. The normalized spacial score (nSPS) is 10.7. The molecule has 0 saturated carbocycles. The number of aryl methyl sites for hydroxylation is 1. The second-order valence-electron chi connectivity index (χ2n) is 7.10. The molecule has 0 amide bonds. The summed E-state index contributed by atoms with van der Waals surface area (Å²) in [5.74, 6) is 2.44. The molecule has 1 heterocycles. The third-order valence-corrected chi connectivity index (χ3v) is 6.64. The van der Waals surface area contributed by atoms with Crippen LogP contribution in [0.2, 0.25) is 0 Å². The summed E-state index contributed by atoms with van der Waals surface area (Å²) >= 11 is 3.97.